The van der Waals surface area contributed by atoms with Crippen LogP contribution in [-0.4, -0.2) is 36.0 Å². The lowest BCUT2D eigenvalue weighted by atomic mass is 10.1. The molecule has 0 unspecified atom stereocenters. The molecule has 2 N–H and O–H groups in total. The second-order valence-electron chi connectivity index (χ2n) is 4.80. The first-order chi connectivity index (χ1) is 10.7. The molecule has 0 aliphatic carbocycles. The Kier molecular flexibility index (Phi) is 5.85. The van der Waals surface area contributed by atoms with Gasteiger partial charge in [0.05, 0.1) is 0 Å². The summed E-state index contributed by atoms with van der Waals surface area (Å²) in [6.07, 6.45) is 2.59. The number of methoxy groups -OCH3 is 1. The van der Waals surface area contributed by atoms with Gasteiger partial charge in [-0.2, -0.15) is 4.98 Å². The Morgan fingerprint density at radius 3 is 2.68 bits per heavy atom. The summed E-state index contributed by atoms with van der Waals surface area (Å²) < 4.78 is 4.99. The third-order valence-corrected chi connectivity index (χ3v) is 3.03. The minimum atomic E-state index is 0.0520. The summed E-state index contributed by atoms with van der Waals surface area (Å²) in [5, 5.41) is 6.33. The van der Waals surface area contributed by atoms with E-state index in [1.165, 1.54) is 0 Å². The van der Waals surface area contributed by atoms with E-state index in [1.807, 2.05) is 12.1 Å². The largest absolute Gasteiger partial charge is 0.385 e. The molecule has 6 nitrogen and oxygen atoms in total. The molecule has 22 heavy (non-hydrogen) atoms. The zero-order chi connectivity index (χ0) is 15.8. The number of carbonyl (C=O) groups excluding carboxylic acids is 1. The fraction of sp³-hybridized carbons (Fsp3) is 0.312. The maximum absolute atomic E-state index is 11.2. The Hall–Kier alpha value is -2.47. The van der Waals surface area contributed by atoms with Crippen LogP contribution in [0.25, 0.3) is 0 Å². The average Bonchev–Trinajstić information content (AvgIpc) is 2.52. The predicted octanol–water partition coefficient (Wildman–Crippen LogP) is 2.87. The number of nitrogens with one attached hydrogen (secondary N) is 2. The fourth-order valence-corrected chi connectivity index (χ4v) is 1.87. The van der Waals surface area contributed by atoms with E-state index in [-0.39, 0.29) is 5.78 Å². The molecule has 1 aromatic heterocycles. The van der Waals surface area contributed by atoms with Gasteiger partial charge in [-0.15, -0.1) is 0 Å². The van der Waals surface area contributed by atoms with Crippen molar-refractivity contribution in [3.05, 3.63) is 42.1 Å². The van der Waals surface area contributed by atoms with Crippen molar-refractivity contribution in [3.63, 3.8) is 0 Å². The standard InChI is InChI=1S/C16H20N4O2/c1-12(21)13-4-6-14(7-5-13)19-15-8-10-18-16(20-15)17-9-3-11-22-2/h4-8,10H,3,9,11H2,1-2H3,(H2,17,18,19,20). The van der Waals surface area contributed by atoms with E-state index in [9.17, 15) is 4.79 Å². The first kappa shape index (κ1) is 15.9. The van der Waals surface area contributed by atoms with Crippen molar-refractivity contribution in [3.8, 4) is 0 Å². The second-order valence-corrected chi connectivity index (χ2v) is 4.80. The van der Waals surface area contributed by atoms with Gasteiger partial charge in [0.2, 0.25) is 5.95 Å². The Bertz CT molecular complexity index is 614. The van der Waals surface area contributed by atoms with Crippen LogP contribution in [0.15, 0.2) is 36.5 Å². The summed E-state index contributed by atoms with van der Waals surface area (Å²) in [4.78, 5) is 19.8. The topological polar surface area (TPSA) is 76.1 Å². The smallest absolute Gasteiger partial charge is 0.224 e. The van der Waals surface area contributed by atoms with Gasteiger partial charge < -0.3 is 15.4 Å². The third kappa shape index (κ3) is 4.82. The van der Waals surface area contributed by atoms with Crippen molar-refractivity contribution in [2.75, 3.05) is 30.9 Å². The number of rotatable bonds is 8. The van der Waals surface area contributed by atoms with Crippen LogP contribution in [0.3, 0.4) is 0 Å². The van der Waals surface area contributed by atoms with Crippen molar-refractivity contribution in [2.24, 2.45) is 0 Å². The molecule has 0 bridgehead atoms. The molecule has 6 heteroatoms. The average molecular weight is 300 g/mol. The van der Waals surface area contributed by atoms with E-state index in [1.54, 1.807) is 38.4 Å². The SMILES string of the molecule is COCCCNc1nccc(Nc2ccc(C(C)=O)cc2)n1. The molecule has 116 valence electrons. The van der Waals surface area contributed by atoms with Gasteiger partial charge in [0.1, 0.15) is 5.82 Å². The third-order valence-electron chi connectivity index (χ3n) is 3.03. The van der Waals surface area contributed by atoms with Crippen molar-refractivity contribution < 1.29 is 9.53 Å². The molecule has 0 aliphatic rings. The van der Waals surface area contributed by atoms with Crippen molar-refractivity contribution in [1.82, 2.24) is 9.97 Å². The highest BCUT2D eigenvalue weighted by Crippen LogP contribution is 2.16. The van der Waals surface area contributed by atoms with E-state index in [4.69, 9.17) is 4.74 Å². The summed E-state index contributed by atoms with van der Waals surface area (Å²) in [6.45, 7) is 3.01. The van der Waals surface area contributed by atoms with Crippen molar-refractivity contribution in [1.29, 1.82) is 0 Å². The Balaban J connectivity index is 1.96. The first-order valence-electron chi connectivity index (χ1n) is 7.13. The van der Waals surface area contributed by atoms with Crippen LogP contribution in [0.4, 0.5) is 17.5 Å². The van der Waals surface area contributed by atoms with Gasteiger partial charge in [-0.05, 0) is 43.7 Å². The molecule has 1 aromatic carbocycles. The van der Waals surface area contributed by atoms with Gasteiger partial charge in [-0.1, -0.05) is 0 Å². The number of Topliss-reactive ketones (excluding diaryl/α,β-unsaturated/α-hetero) is 1. The zero-order valence-electron chi connectivity index (χ0n) is 12.8. The van der Waals surface area contributed by atoms with Crippen LogP contribution in [-0.2, 0) is 4.74 Å². The number of aromatic nitrogens is 2. The molecule has 0 fully saturated rings. The van der Waals surface area contributed by atoms with Crippen LogP contribution in [0.2, 0.25) is 0 Å². The highest BCUT2D eigenvalue weighted by molar-refractivity contribution is 5.94. The molecule has 0 aliphatic heterocycles. The van der Waals surface area contributed by atoms with E-state index < -0.39 is 0 Å². The number of hydrogen-bond acceptors (Lipinski definition) is 6. The maximum atomic E-state index is 11.2. The molecule has 0 amide bonds. The molecule has 0 saturated heterocycles. The fourth-order valence-electron chi connectivity index (χ4n) is 1.87. The monoisotopic (exact) mass is 300 g/mol. The van der Waals surface area contributed by atoms with Crippen LogP contribution < -0.4 is 10.6 Å². The molecular weight excluding hydrogens is 280 g/mol. The molecule has 0 saturated carbocycles. The highest BCUT2D eigenvalue weighted by atomic mass is 16.5. The molecule has 0 spiro atoms. The number of anilines is 3. The summed E-state index contributed by atoms with van der Waals surface area (Å²) in [7, 11) is 1.68. The molecule has 1 heterocycles. The Morgan fingerprint density at radius 2 is 2.00 bits per heavy atom. The molecule has 0 radical (unpaired) electrons. The summed E-state index contributed by atoms with van der Waals surface area (Å²) in [5.74, 6) is 1.32. The minimum Gasteiger partial charge on any atom is -0.385 e. The van der Waals surface area contributed by atoms with Crippen molar-refractivity contribution >= 4 is 23.2 Å². The quantitative estimate of drug-likeness (QED) is 0.576. The van der Waals surface area contributed by atoms with E-state index in [0.717, 1.165) is 18.7 Å². The number of carbonyl (C=O) groups is 1. The van der Waals surface area contributed by atoms with Gasteiger partial charge in [0.15, 0.2) is 5.78 Å². The van der Waals surface area contributed by atoms with Crippen LogP contribution in [0.5, 0.6) is 0 Å². The highest BCUT2D eigenvalue weighted by Gasteiger charge is 2.02. The lowest BCUT2D eigenvalue weighted by molar-refractivity contribution is 0.101. The van der Waals surface area contributed by atoms with Gasteiger partial charge in [0, 0.05) is 37.7 Å². The van der Waals surface area contributed by atoms with E-state index >= 15 is 0 Å². The Labute approximate surface area is 129 Å². The number of ketones is 1. The van der Waals surface area contributed by atoms with Crippen LogP contribution >= 0.6 is 0 Å². The lowest BCUT2D eigenvalue weighted by Crippen LogP contribution is -2.08. The van der Waals surface area contributed by atoms with Crippen LogP contribution in [0, 0.1) is 0 Å². The molecule has 2 aromatic rings. The van der Waals surface area contributed by atoms with E-state index in [0.29, 0.717) is 23.9 Å². The summed E-state index contributed by atoms with van der Waals surface area (Å²) in [6, 6.07) is 9.07. The molecule has 0 atom stereocenters. The van der Waals surface area contributed by atoms with Gasteiger partial charge in [0.25, 0.3) is 0 Å². The van der Waals surface area contributed by atoms with Gasteiger partial charge >= 0.3 is 0 Å². The normalized spacial score (nSPS) is 10.3. The van der Waals surface area contributed by atoms with Gasteiger partial charge in [-0.3, -0.25) is 4.79 Å². The predicted molar refractivity (Wildman–Crippen MR) is 86.7 cm³/mol. The summed E-state index contributed by atoms with van der Waals surface area (Å²) >= 11 is 0. The number of nitrogens with zero attached hydrogens (tertiary/aromatic N) is 2. The van der Waals surface area contributed by atoms with E-state index in [2.05, 4.69) is 20.6 Å². The maximum Gasteiger partial charge on any atom is 0.224 e. The Morgan fingerprint density at radius 1 is 1.23 bits per heavy atom. The zero-order valence-corrected chi connectivity index (χ0v) is 12.8. The van der Waals surface area contributed by atoms with Crippen molar-refractivity contribution in [2.45, 2.75) is 13.3 Å². The minimum absolute atomic E-state index is 0.0520. The second kappa shape index (κ2) is 8.09. The molecule has 2 rings (SSSR count). The molecular formula is C16H20N4O2. The first-order valence-corrected chi connectivity index (χ1v) is 7.13. The van der Waals surface area contributed by atoms with Gasteiger partial charge in [-0.25, -0.2) is 4.98 Å². The van der Waals surface area contributed by atoms with Crippen LogP contribution in [0.1, 0.15) is 23.7 Å². The lowest BCUT2D eigenvalue weighted by Gasteiger charge is -2.08. The number of benzene rings is 1. The summed E-state index contributed by atoms with van der Waals surface area (Å²) in [5.41, 5.74) is 1.56. The number of ether oxygens (including phenoxy) is 1. The number of hydrogen-bond donors (Lipinski definition) is 2.